The van der Waals surface area contributed by atoms with Gasteiger partial charge >= 0.3 is 7.12 Å². The highest BCUT2D eigenvalue weighted by molar-refractivity contribution is 9.11. The minimum Gasteiger partial charge on any atom is -0.423 e. The maximum Gasteiger partial charge on any atom is 0.488 e. The van der Waals surface area contributed by atoms with Gasteiger partial charge in [-0.25, -0.2) is 0 Å². The zero-order chi connectivity index (χ0) is 59.6. The predicted molar refractivity (Wildman–Crippen MR) is 387 cm³/mol. The summed E-state index contributed by atoms with van der Waals surface area (Å²) in [5, 5.41) is 33.5. The summed E-state index contributed by atoms with van der Waals surface area (Å²) in [4.78, 5) is 0. The lowest BCUT2D eigenvalue weighted by Crippen LogP contribution is -2.29. The molecule has 0 fully saturated rings. The first-order valence-corrected chi connectivity index (χ1v) is 34.7. The van der Waals surface area contributed by atoms with E-state index in [1.807, 2.05) is 6.07 Å². The number of hydrogen-bond donors (Lipinski definition) is 2. The fraction of sp³-hybridized carbons (Fsp3) is 0.300. The van der Waals surface area contributed by atoms with Gasteiger partial charge in [-0.3, -0.25) is 0 Å². The second-order valence-electron chi connectivity index (χ2n) is 23.8. The molecule has 0 aliphatic rings. The Balaban J connectivity index is 0.000000176. The molecule has 0 aromatic heterocycles. The number of unbranched alkanes of at least 4 members (excludes halogenated alkanes) is 18. The minimum absolute atomic E-state index is 0.525. The lowest BCUT2D eigenvalue weighted by molar-refractivity contribution is 0.426. The fourth-order valence-corrected chi connectivity index (χ4v) is 15.2. The lowest BCUT2D eigenvalue weighted by atomic mass is 9.81. The van der Waals surface area contributed by atoms with Crippen LogP contribution >= 0.6 is 47.8 Å². The minimum atomic E-state index is -1.34. The van der Waals surface area contributed by atoms with Crippen LogP contribution in [0.2, 0.25) is 0 Å². The van der Waals surface area contributed by atoms with Gasteiger partial charge in [0.1, 0.15) is 0 Å². The van der Waals surface area contributed by atoms with Crippen molar-refractivity contribution in [1.82, 2.24) is 0 Å². The Bertz CT molecular complexity index is 3950. The Morgan fingerprint density at radius 3 is 0.930 bits per heavy atom. The molecule has 86 heavy (non-hydrogen) atoms. The molecule has 0 unspecified atom stereocenters. The van der Waals surface area contributed by atoms with Crippen LogP contribution in [0.1, 0.15) is 153 Å². The van der Waals surface area contributed by atoms with Gasteiger partial charge in [-0.15, -0.1) is 0 Å². The molecule has 12 rings (SSSR count). The summed E-state index contributed by atoms with van der Waals surface area (Å²) in [5.74, 6) is 0. The number of hydrogen-bond acceptors (Lipinski definition) is 2. The van der Waals surface area contributed by atoms with E-state index in [4.69, 9.17) is 10.0 Å². The molecule has 0 amide bonds. The molecule has 6 heteroatoms. The molecule has 0 saturated heterocycles. The second kappa shape index (κ2) is 31.9. The molecular weight excluding hydrogens is 1240 g/mol. The van der Waals surface area contributed by atoms with Crippen molar-refractivity contribution in [3.05, 3.63) is 219 Å². The Morgan fingerprint density at radius 1 is 0.279 bits per heavy atom. The van der Waals surface area contributed by atoms with Crippen LogP contribution in [0.3, 0.4) is 0 Å². The average Bonchev–Trinajstić information content (AvgIpc) is 0.761. The van der Waals surface area contributed by atoms with Crippen LogP contribution in [0.5, 0.6) is 0 Å². The Hall–Kier alpha value is -5.86. The fourth-order valence-electron chi connectivity index (χ4n) is 13.2. The van der Waals surface area contributed by atoms with E-state index in [9.17, 15) is 0 Å². The van der Waals surface area contributed by atoms with Gasteiger partial charge in [-0.2, -0.15) is 0 Å². The van der Waals surface area contributed by atoms with Gasteiger partial charge in [0.2, 0.25) is 0 Å². The SMILES string of the molecule is CCCCCCCCCCCCc1cc(-c2ccccc2)c2ccc3c(-c4ccccc4)cc(-c4ccccc4)c4ccc1c2c43.CCCCCCCCCCCCc1cc(Br)c2ccc3c(Br)cc(Br)c4ccc1c2c34.OB(O)c1ccccc1. The average molecular weight is 1330 g/mol. The summed E-state index contributed by atoms with van der Waals surface area (Å²) >= 11 is 11.4. The lowest BCUT2D eigenvalue weighted by Gasteiger charge is -2.21. The summed E-state index contributed by atoms with van der Waals surface area (Å²) in [6, 6.07) is 69.8. The maximum atomic E-state index is 8.58. The van der Waals surface area contributed by atoms with Gasteiger partial charge in [-0.05, 0) is 165 Å². The van der Waals surface area contributed by atoms with E-state index in [1.54, 1.807) is 24.3 Å². The highest BCUT2D eigenvalue weighted by Gasteiger charge is 2.21. The third-order valence-corrected chi connectivity index (χ3v) is 19.7. The molecule has 2 N–H and O–H groups in total. The van der Waals surface area contributed by atoms with E-state index in [0.29, 0.717) is 5.46 Å². The van der Waals surface area contributed by atoms with Crippen molar-refractivity contribution < 1.29 is 10.0 Å². The molecule has 0 heterocycles. The first-order chi connectivity index (χ1) is 42.2. The van der Waals surface area contributed by atoms with E-state index >= 15 is 0 Å². The van der Waals surface area contributed by atoms with E-state index in [0.717, 1.165) is 21.8 Å². The van der Waals surface area contributed by atoms with E-state index in [2.05, 4.69) is 225 Å². The summed E-state index contributed by atoms with van der Waals surface area (Å²) < 4.78 is 3.52. The molecule has 440 valence electrons. The molecule has 0 aliphatic heterocycles. The quantitative estimate of drug-likeness (QED) is 0.0322. The maximum absolute atomic E-state index is 8.58. The van der Waals surface area contributed by atoms with E-state index in [1.165, 1.54) is 242 Å². The van der Waals surface area contributed by atoms with Crippen molar-refractivity contribution in [2.75, 3.05) is 0 Å². The monoisotopic (exact) mass is 1320 g/mol. The Morgan fingerprint density at radius 2 is 0.558 bits per heavy atom. The van der Waals surface area contributed by atoms with Gasteiger partial charge in [0, 0.05) is 13.4 Å². The van der Waals surface area contributed by atoms with Gasteiger partial charge in [-0.1, -0.05) is 347 Å². The van der Waals surface area contributed by atoms with E-state index in [-0.39, 0.29) is 0 Å². The Kier molecular flexibility index (Phi) is 23.4. The molecule has 12 aromatic carbocycles. The molecule has 0 bridgehead atoms. The largest absolute Gasteiger partial charge is 0.488 e. The summed E-state index contributed by atoms with van der Waals surface area (Å²) in [6.45, 7) is 4.59. The standard InChI is InChI=1S/C46H46.C28H31Br3.C6H7BO2/c1-2-3-4-5-6-7-8-9-10-14-27-37-32-42(34-21-15-11-16-22-34)39-30-31-41-44(36-25-19-13-20-26-36)33-43(35-23-17-12-18-24-35)40-29-28-38(37)45(39)46(40)41;1-2-3-4-5-6-7-8-9-10-11-12-19-17-24(29)21-15-16-23-26(31)18-25(30)22-14-13-20(19)27(21)28(22)23;8-7(9)6-4-2-1-3-5-6/h11-13,15-26,28-33H,2-10,14,27H2,1H3;13-18H,2-12H2,1H3;1-5,8-9H. The number of aryl methyl sites for hydroxylation is 2. The van der Waals surface area contributed by atoms with E-state index < -0.39 is 7.12 Å². The third kappa shape index (κ3) is 15.3. The van der Waals surface area contributed by atoms with Crippen LogP contribution in [-0.2, 0) is 12.8 Å². The predicted octanol–water partition coefficient (Wildman–Crippen LogP) is 24.7. The highest BCUT2D eigenvalue weighted by atomic mass is 79.9. The van der Waals surface area contributed by atoms with Crippen molar-refractivity contribution in [3.8, 4) is 33.4 Å². The van der Waals surface area contributed by atoms with Gasteiger partial charge in [0.15, 0.2) is 0 Å². The smallest absolute Gasteiger partial charge is 0.423 e. The molecule has 0 radical (unpaired) electrons. The van der Waals surface area contributed by atoms with Crippen LogP contribution in [0.4, 0.5) is 0 Å². The second-order valence-corrected chi connectivity index (χ2v) is 26.4. The van der Waals surface area contributed by atoms with Gasteiger partial charge < -0.3 is 10.0 Å². The van der Waals surface area contributed by atoms with Crippen molar-refractivity contribution in [3.63, 3.8) is 0 Å². The highest BCUT2D eigenvalue weighted by Crippen LogP contribution is 2.48. The zero-order valence-electron chi connectivity index (χ0n) is 50.6. The normalized spacial score (nSPS) is 11.5. The molecule has 0 aliphatic carbocycles. The van der Waals surface area contributed by atoms with Gasteiger partial charge in [0.05, 0.1) is 0 Å². The summed E-state index contributed by atoms with van der Waals surface area (Å²) in [7, 11) is -1.34. The first kappa shape index (κ1) is 63.2. The molecule has 2 nitrogen and oxygen atoms in total. The summed E-state index contributed by atoms with van der Waals surface area (Å²) in [6.07, 6.45) is 29.8. The van der Waals surface area contributed by atoms with Crippen LogP contribution < -0.4 is 5.46 Å². The molecule has 0 atom stereocenters. The van der Waals surface area contributed by atoms with Crippen molar-refractivity contribution in [2.24, 2.45) is 0 Å². The van der Waals surface area contributed by atoms with Crippen LogP contribution in [0.15, 0.2) is 208 Å². The van der Waals surface area contributed by atoms with Crippen LogP contribution in [-0.4, -0.2) is 17.2 Å². The number of benzene rings is 12. The van der Waals surface area contributed by atoms with Crippen molar-refractivity contribution in [2.45, 2.75) is 155 Å². The van der Waals surface area contributed by atoms with Crippen LogP contribution in [0, 0.1) is 0 Å². The van der Waals surface area contributed by atoms with Crippen molar-refractivity contribution in [1.29, 1.82) is 0 Å². The Labute approximate surface area is 538 Å². The van der Waals surface area contributed by atoms with Crippen LogP contribution in [0.25, 0.3) is 98.0 Å². The third-order valence-electron chi connectivity index (χ3n) is 17.8. The number of rotatable bonds is 26. The van der Waals surface area contributed by atoms with Crippen molar-refractivity contribution >= 4 is 125 Å². The topological polar surface area (TPSA) is 40.5 Å². The molecule has 0 saturated carbocycles. The summed E-state index contributed by atoms with van der Waals surface area (Å²) in [5.41, 5.74) is 11.3. The molecular formula is C80H84BBr3O2. The molecule has 0 spiro atoms. The van der Waals surface area contributed by atoms with Gasteiger partial charge in [0.25, 0.3) is 0 Å². The zero-order valence-corrected chi connectivity index (χ0v) is 55.4. The first-order valence-electron chi connectivity index (χ1n) is 32.3. The number of halogens is 3. The molecule has 12 aromatic rings.